The fraction of sp³-hybridized carbons (Fsp3) is 0.0909. The van der Waals surface area contributed by atoms with Crippen LogP contribution in [0.4, 0.5) is 5.69 Å². The fourth-order valence-corrected chi connectivity index (χ4v) is 4.20. The van der Waals surface area contributed by atoms with Gasteiger partial charge in [-0.1, -0.05) is 48.5 Å². The zero-order chi connectivity index (χ0) is 19.7. The molecule has 140 valence electrons. The van der Waals surface area contributed by atoms with Gasteiger partial charge in [-0.15, -0.1) is 11.3 Å². The van der Waals surface area contributed by atoms with Crippen molar-refractivity contribution < 1.29 is 19.4 Å². The average molecular weight is 391 g/mol. The number of anilines is 1. The molecule has 1 aliphatic heterocycles. The van der Waals surface area contributed by atoms with Gasteiger partial charge in [0.25, 0.3) is 11.7 Å². The van der Waals surface area contributed by atoms with Crippen LogP contribution in [-0.4, -0.2) is 23.9 Å². The minimum Gasteiger partial charge on any atom is -0.507 e. The Morgan fingerprint density at radius 2 is 1.71 bits per heavy atom. The number of carbonyl (C=O) groups is 2. The van der Waals surface area contributed by atoms with Gasteiger partial charge in [0.1, 0.15) is 17.6 Å². The number of Topliss-reactive ketones (excluding diaryl/α,β-unsaturated/α-hetero) is 1. The first-order valence-electron chi connectivity index (χ1n) is 8.66. The molecule has 1 atom stereocenters. The number of hydrogen-bond donors (Lipinski definition) is 1. The third-order valence-corrected chi connectivity index (χ3v) is 5.57. The van der Waals surface area contributed by atoms with Gasteiger partial charge >= 0.3 is 0 Å². The molecule has 5 nitrogen and oxygen atoms in total. The number of amides is 1. The Bertz CT molecular complexity index is 1060. The number of para-hydroxylation sites is 2. The highest BCUT2D eigenvalue weighted by Gasteiger charge is 2.48. The normalized spacial score (nSPS) is 18.5. The van der Waals surface area contributed by atoms with Gasteiger partial charge in [-0.05, 0) is 23.6 Å². The number of ketones is 1. The molecule has 4 rings (SSSR count). The lowest BCUT2D eigenvalue weighted by Crippen LogP contribution is -2.29. The number of benzene rings is 2. The van der Waals surface area contributed by atoms with Crippen LogP contribution < -0.4 is 9.64 Å². The molecule has 0 aliphatic carbocycles. The molecule has 0 saturated carbocycles. The summed E-state index contributed by atoms with van der Waals surface area (Å²) in [5, 5.41) is 12.8. The molecule has 3 aromatic rings. The van der Waals surface area contributed by atoms with Crippen LogP contribution in [0.1, 0.15) is 16.5 Å². The van der Waals surface area contributed by atoms with E-state index in [4.69, 9.17) is 4.74 Å². The summed E-state index contributed by atoms with van der Waals surface area (Å²) in [7, 11) is 1.51. The standard InChI is InChI=1S/C22H17NO4S/c1-27-16-11-6-5-10-15(16)23-19(17-12-7-13-28-17)18(21(25)22(23)26)20(24)14-8-3-2-4-9-14/h2-13,19,24H,1H3/b20-18-. The summed E-state index contributed by atoms with van der Waals surface area (Å²) in [4.78, 5) is 28.2. The summed E-state index contributed by atoms with van der Waals surface area (Å²) in [6.45, 7) is 0. The van der Waals surface area contributed by atoms with Crippen LogP contribution in [0, 0.1) is 0 Å². The maximum absolute atomic E-state index is 13.0. The number of aliphatic hydroxyl groups is 1. The molecular formula is C22H17NO4S. The Balaban J connectivity index is 1.95. The van der Waals surface area contributed by atoms with Crippen molar-refractivity contribution in [3.63, 3.8) is 0 Å². The fourth-order valence-electron chi connectivity index (χ4n) is 3.38. The first-order valence-corrected chi connectivity index (χ1v) is 9.54. The second-order valence-corrected chi connectivity index (χ2v) is 7.20. The maximum Gasteiger partial charge on any atom is 0.300 e. The summed E-state index contributed by atoms with van der Waals surface area (Å²) in [6.07, 6.45) is 0. The number of hydrogen-bond acceptors (Lipinski definition) is 5. The van der Waals surface area contributed by atoms with Crippen molar-refractivity contribution in [3.05, 3.63) is 88.1 Å². The van der Waals surface area contributed by atoms with Gasteiger partial charge in [0.2, 0.25) is 0 Å². The number of nitrogens with zero attached hydrogens (tertiary/aromatic N) is 1. The topological polar surface area (TPSA) is 66.8 Å². The van der Waals surface area contributed by atoms with E-state index in [0.717, 1.165) is 4.88 Å². The first-order chi connectivity index (χ1) is 13.6. The number of methoxy groups -OCH3 is 1. The largest absolute Gasteiger partial charge is 0.507 e. The number of aliphatic hydroxyl groups excluding tert-OH is 1. The van der Waals surface area contributed by atoms with Gasteiger partial charge in [-0.25, -0.2) is 0 Å². The highest BCUT2D eigenvalue weighted by atomic mass is 32.1. The van der Waals surface area contributed by atoms with Crippen molar-refractivity contribution in [2.75, 3.05) is 12.0 Å². The smallest absolute Gasteiger partial charge is 0.300 e. The van der Waals surface area contributed by atoms with Crippen LogP contribution in [-0.2, 0) is 9.59 Å². The molecule has 0 radical (unpaired) electrons. The minimum absolute atomic E-state index is 0.0737. The van der Waals surface area contributed by atoms with E-state index >= 15 is 0 Å². The van der Waals surface area contributed by atoms with Gasteiger partial charge in [0.05, 0.1) is 18.4 Å². The van der Waals surface area contributed by atoms with Crippen LogP contribution in [0.25, 0.3) is 5.76 Å². The summed E-state index contributed by atoms with van der Waals surface area (Å²) in [5.41, 5.74) is 1.05. The van der Waals surface area contributed by atoms with Crippen molar-refractivity contribution >= 4 is 34.5 Å². The molecule has 2 aromatic carbocycles. The molecule has 0 bridgehead atoms. The molecule has 2 heterocycles. The third kappa shape index (κ3) is 2.88. The second kappa shape index (κ2) is 7.32. The van der Waals surface area contributed by atoms with E-state index in [1.165, 1.54) is 23.3 Å². The van der Waals surface area contributed by atoms with Gasteiger partial charge in [0.15, 0.2) is 0 Å². The summed E-state index contributed by atoms with van der Waals surface area (Å²) in [5.74, 6) is -1.12. The second-order valence-electron chi connectivity index (χ2n) is 6.22. The van der Waals surface area contributed by atoms with E-state index in [9.17, 15) is 14.7 Å². The molecule has 28 heavy (non-hydrogen) atoms. The van der Waals surface area contributed by atoms with Crippen LogP contribution in [0.2, 0.25) is 0 Å². The van der Waals surface area contributed by atoms with Crippen LogP contribution in [0.3, 0.4) is 0 Å². The average Bonchev–Trinajstić information content (AvgIpc) is 3.35. The first kappa shape index (κ1) is 18.0. The molecule has 1 saturated heterocycles. The van der Waals surface area contributed by atoms with E-state index in [0.29, 0.717) is 17.0 Å². The van der Waals surface area contributed by atoms with E-state index in [2.05, 4.69) is 0 Å². The molecule has 1 aromatic heterocycles. The monoisotopic (exact) mass is 391 g/mol. The van der Waals surface area contributed by atoms with Crippen molar-refractivity contribution in [1.82, 2.24) is 0 Å². The SMILES string of the molecule is COc1ccccc1N1C(=O)C(=O)/C(=C(\O)c2ccccc2)C1c1cccs1. The maximum atomic E-state index is 13.0. The van der Waals surface area contributed by atoms with E-state index in [1.54, 1.807) is 48.5 Å². The summed E-state index contributed by atoms with van der Waals surface area (Å²) >= 11 is 1.42. The summed E-state index contributed by atoms with van der Waals surface area (Å²) < 4.78 is 5.41. The number of rotatable bonds is 4. The zero-order valence-electron chi connectivity index (χ0n) is 15.0. The van der Waals surface area contributed by atoms with Crippen molar-refractivity contribution in [3.8, 4) is 5.75 Å². The number of ether oxygens (including phenoxy) is 1. The van der Waals surface area contributed by atoms with Crippen molar-refractivity contribution in [2.24, 2.45) is 0 Å². The number of carbonyl (C=O) groups excluding carboxylic acids is 2. The van der Waals surface area contributed by atoms with Crippen LogP contribution >= 0.6 is 11.3 Å². The highest BCUT2D eigenvalue weighted by Crippen LogP contribution is 2.45. The van der Waals surface area contributed by atoms with Gasteiger partial charge in [-0.2, -0.15) is 0 Å². The molecule has 1 amide bonds. The van der Waals surface area contributed by atoms with Crippen molar-refractivity contribution in [1.29, 1.82) is 0 Å². The van der Waals surface area contributed by atoms with Gasteiger partial charge in [0, 0.05) is 10.4 Å². The quantitative estimate of drug-likeness (QED) is 0.407. The van der Waals surface area contributed by atoms with E-state index in [1.807, 2.05) is 23.6 Å². The highest BCUT2D eigenvalue weighted by molar-refractivity contribution is 7.10. The molecular weight excluding hydrogens is 374 g/mol. The lowest BCUT2D eigenvalue weighted by atomic mass is 10.00. The third-order valence-electron chi connectivity index (χ3n) is 4.65. The predicted octanol–water partition coefficient (Wildman–Crippen LogP) is 4.38. The summed E-state index contributed by atoms with van der Waals surface area (Å²) in [6, 6.07) is 18.8. The minimum atomic E-state index is -0.725. The molecule has 1 fully saturated rings. The Kier molecular flexibility index (Phi) is 4.71. The predicted molar refractivity (Wildman–Crippen MR) is 109 cm³/mol. The Hall–Kier alpha value is -3.38. The zero-order valence-corrected chi connectivity index (χ0v) is 15.8. The molecule has 6 heteroatoms. The Morgan fingerprint density at radius 3 is 2.39 bits per heavy atom. The van der Waals surface area contributed by atoms with Crippen molar-refractivity contribution in [2.45, 2.75) is 6.04 Å². The van der Waals surface area contributed by atoms with Gasteiger partial charge < -0.3 is 9.84 Å². The number of thiophene rings is 1. The molecule has 1 unspecified atom stereocenters. The van der Waals surface area contributed by atoms with E-state index in [-0.39, 0.29) is 11.3 Å². The molecule has 1 aliphatic rings. The van der Waals surface area contributed by atoms with E-state index < -0.39 is 17.7 Å². The lowest BCUT2D eigenvalue weighted by molar-refractivity contribution is -0.132. The van der Waals surface area contributed by atoms with Crippen LogP contribution in [0.15, 0.2) is 77.7 Å². The van der Waals surface area contributed by atoms with Gasteiger partial charge in [-0.3, -0.25) is 14.5 Å². The Morgan fingerprint density at radius 1 is 1.00 bits per heavy atom. The molecule has 1 N–H and O–H groups in total. The Labute approximate surface area is 166 Å². The van der Waals surface area contributed by atoms with Crippen LogP contribution in [0.5, 0.6) is 5.75 Å². The lowest BCUT2D eigenvalue weighted by Gasteiger charge is -2.25. The molecule has 0 spiro atoms.